The summed E-state index contributed by atoms with van der Waals surface area (Å²) < 4.78 is 6.19. The number of carbonyl (C=O) groups is 1. The second-order valence-corrected chi connectivity index (χ2v) is 5.43. The van der Waals surface area contributed by atoms with Crippen LogP contribution in [0.15, 0.2) is 47.2 Å². The Hall–Kier alpha value is -1.88. The molecule has 0 spiro atoms. The second kappa shape index (κ2) is 5.63. The van der Waals surface area contributed by atoms with Gasteiger partial charge in [-0.05, 0) is 33.5 Å². The third-order valence-electron chi connectivity index (χ3n) is 3.25. The highest BCUT2D eigenvalue weighted by molar-refractivity contribution is 9.10. The number of halogens is 1. The number of hydrogen-bond donors (Lipinski definition) is 0. The lowest BCUT2D eigenvalue weighted by Crippen LogP contribution is -2.29. The van der Waals surface area contributed by atoms with Gasteiger partial charge in [-0.3, -0.25) is 9.88 Å². The smallest absolute Gasteiger partial charge is 0.414 e. The third kappa shape index (κ3) is 2.54. The number of amides is 1. The molecule has 0 N–H and O–H groups in total. The molecular weight excluding hydrogens is 320 g/mol. The molecule has 4 nitrogen and oxygen atoms in total. The van der Waals surface area contributed by atoms with Crippen LogP contribution in [-0.4, -0.2) is 17.6 Å². The number of carbonyl (C=O) groups excluding carboxylic acids is 1. The molecule has 1 aromatic carbocycles. The highest BCUT2D eigenvalue weighted by Gasteiger charge is 2.28. The normalized spacial score (nSPS) is 13.2. The van der Waals surface area contributed by atoms with Gasteiger partial charge >= 0.3 is 6.09 Å². The number of fused-ring (bicyclic) bond motifs is 1. The molecule has 102 valence electrons. The average molecular weight is 333 g/mol. The number of hydrogen-bond acceptors (Lipinski definition) is 3. The minimum Gasteiger partial charge on any atom is -0.444 e. The molecule has 1 aliphatic heterocycles. The molecule has 20 heavy (non-hydrogen) atoms. The summed E-state index contributed by atoms with van der Waals surface area (Å²) in [5.41, 5.74) is 2.92. The van der Waals surface area contributed by atoms with E-state index in [1.165, 1.54) is 0 Å². The maximum absolute atomic E-state index is 12.2. The van der Waals surface area contributed by atoms with Gasteiger partial charge in [-0.25, -0.2) is 4.79 Å². The maximum atomic E-state index is 12.2. The lowest BCUT2D eigenvalue weighted by atomic mass is 10.2. The minimum absolute atomic E-state index is 0.286. The molecule has 3 rings (SSSR count). The summed E-state index contributed by atoms with van der Waals surface area (Å²) in [4.78, 5) is 18.0. The number of anilines is 1. The maximum Gasteiger partial charge on any atom is 0.414 e. The van der Waals surface area contributed by atoms with Crippen LogP contribution < -0.4 is 4.90 Å². The van der Waals surface area contributed by atoms with E-state index in [-0.39, 0.29) is 12.7 Å². The van der Waals surface area contributed by atoms with E-state index < -0.39 is 0 Å². The van der Waals surface area contributed by atoms with E-state index in [0.29, 0.717) is 6.54 Å². The van der Waals surface area contributed by atoms with Crippen molar-refractivity contribution in [1.29, 1.82) is 0 Å². The van der Waals surface area contributed by atoms with Crippen molar-refractivity contribution in [3.8, 4) is 0 Å². The summed E-state index contributed by atoms with van der Waals surface area (Å²) in [6, 6.07) is 9.66. The SMILES string of the molecule is O=C(OCc1ccccc1)N1CCc2cncc(Br)c21. The van der Waals surface area contributed by atoms with E-state index in [9.17, 15) is 4.79 Å². The zero-order valence-corrected chi connectivity index (χ0v) is 12.3. The van der Waals surface area contributed by atoms with E-state index in [1.807, 2.05) is 30.3 Å². The first kappa shape index (κ1) is 13.1. The van der Waals surface area contributed by atoms with E-state index in [1.54, 1.807) is 17.3 Å². The molecule has 2 heterocycles. The van der Waals surface area contributed by atoms with Crippen molar-refractivity contribution in [2.75, 3.05) is 11.4 Å². The Kier molecular flexibility index (Phi) is 3.69. The van der Waals surface area contributed by atoms with Gasteiger partial charge in [0, 0.05) is 18.9 Å². The molecule has 0 aliphatic carbocycles. The number of rotatable bonds is 2. The van der Waals surface area contributed by atoms with Crippen LogP contribution in [0.3, 0.4) is 0 Å². The van der Waals surface area contributed by atoms with Crippen LogP contribution in [0.2, 0.25) is 0 Å². The lowest BCUT2D eigenvalue weighted by molar-refractivity contribution is 0.147. The first-order valence-electron chi connectivity index (χ1n) is 6.36. The van der Waals surface area contributed by atoms with Gasteiger partial charge in [0.1, 0.15) is 6.61 Å². The van der Waals surface area contributed by atoms with Crippen LogP contribution in [-0.2, 0) is 17.8 Å². The third-order valence-corrected chi connectivity index (χ3v) is 3.83. The van der Waals surface area contributed by atoms with E-state index in [0.717, 1.165) is 27.7 Å². The number of pyridine rings is 1. The van der Waals surface area contributed by atoms with Gasteiger partial charge in [0.05, 0.1) is 10.2 Å². The van der Waals surface area contributed by atoms with Crippen LogP contribution in [0.25, 0.3) is 0 Å². The summed E-state index contributed by atoms with van der Waals surface area (Å²) in [5, 5.41) is 0. The van der Waals surface area contributed by atoms with Crippen molar-refractivity contribution in [1.82, 2.24) is 4.98 Å². The van der Waals surface area contributed by atoms with Crippen molar-refractivity contribution >= 4 is 27.7 Å². The van der Waals surface area contributed by atoms with Crippen LogP contribution in [0.4, 0.5) is 10.5 Å². The molecule has 1 aliphatic rings. The van der Waals surface area contributed by atoms with Crippen molar-refractivity contribution in [3.63, 3.8) is 0 Å². The van der Waals surface area contributed by atoms with E-state index in [4.69, 9.17) is 4.74 Å². The Morgan fingerprint density at radius 3 is 2.90 bits per heavy atom. The van der Waals surface area contributed by atoms with E-state index in [2.05, 4.69) is 20.9 Å². The molecular formula is C15H13BrN2O2. The highest BCUT2D eigenvalue weighted by Crippen LogP contribution is 2.34. The molecule has 5 heteroatoms. The summed E-state index contributed by atoms with van der Waals surface area (Å²) in [7, 11) is 0. The van der Waals surface area contributed by atoms with Crippen LogP contribution in [0.1, 0.15) is 11.1 Å². The zero-order chi connectivity index (χ0) is 13.9. The van der Waals surface area contributed by atoms with Gasteiger partial charge in [0.2, 0.25) is 0 Å². The topological polar surface area (TPSA) is 42.4 Å². The van der Waals surface area contributed by atoms with Gasteiger partial charge in [-0.1, -0.05) is 30.3 Å². The molecule has 0 radical (unpaired) electrons. The highest BCUT2D eigenvalue weighted by atomic mass is 79.9. The van der Waals surface area contributed by atoms with Gasteiger partial charge in [0.15, 0.2) is 0 Å². The van der Waals surface area contributed by atoms with Gasteiger partial charge < -0.3 is 4.74 Å². The first-order valence-corrected chi connectivity index (χ1v) is 7.15. The lowest BCUT2D eigenvalue weighted by Gasteiger charge is -2.18. The summed E-state index contributed by atoms with van der Waals surface area (Å²) in [6.45, 7) is 0.918. The van der Waals surface area contributed by atoms with Crippen LogP contribution >= 0.6 is 15.9 Å². The second-order valence-electron chi connectivity index (χ2n) is 4.57. The molecule has 0 bridgehead atoms. The molecule has 0 atom stereocenters. The Labute approximate surface area is 125 Å². The molecule has 0 saturated heterocycles. The predicted molar refractivity (Wildman–Crippen MR) is 79.6 cm³/mol. The molecule has 0 fully saturated rings. The number of benzene rings is 1. The summed E-state index contributed by atoms with van der Waals surface area (Å²) >= 11 is 3.44. The van der Waals surface area contributed by atoms with Crippen molar-refractivity contribution in [3.05, 3.63) is 58.3 Å². The van der Waals surface area contributed by atoms with Gasteiger partial charge in [-0.15, -0.1) is 0 Å². The minimum atomic E-state index is -0.320. The van der Waals surface area contributed by atoms with Crippen molar-refractivity contribution in [2.24, 2.45) is 0 Å². The predicted octanol–water partition coefficient (Wildman–Crippen LogP) is 3.54. The van der Waals surface area contributed by atoms with Crippen molar-refractivity contribution in [2.45, 2.75) is 13.0 Å². The number of nitrogens with zero attached hydrogens (tertiary/aromatic N) is 2. The van der Waals surface area contributed by atoms with Gasteiger partial charge in [-0.2, -0.15) is 0 Å². The largest absolute Gasteiger partial charge is 0.444 e. The fourth-order valence-electron chi connectivity index (χ4n) is 2.28. The average Bonchev–Trinajstić information content (AvgIpc) is 2.91. The molecule has 0 saturated carbocycles. The monoisotopic (exact) mass is 332 g/mol. The first-order chi connectivity index (χ1) is 9.75. The van der Waals surface area contributed by atoms with Crippen LogP contribution in [0, 0.1) is 0 Å². The Morgan fingerprint density at radius 2 is 2.10 bits per heavy atom. The quantitative estimate of drug-likeness (QED) is 0.844. The molecule has 1 aromatic heterocycles. The van der Waals surface area contributed by atoms with Crippen molar-refractivity contribution < 1.29 is 9.53 Å². The molecule has 2 aromatic rings. The summed E-state index contributed by atoms with van der Waals surface area (Å²) in [5.74, 6) is 0. The van der Waals surface area contributed by atoms with Crippen LogP contribution in [0.5, 0.6) is 0 Å². The molecule has 0 unspecified atom stereocenters. The number of ether oxygens (including phenoxy) is 1. The Morgan fingerprint density at radius 1 is 1.30 bits per heavy atom. The Balaban J connectivity index is 1.71. The Bertz CT molecular complexity index is 631. The number of aromatic nitrogens is 1. The zero-order valence-electron chi connectivity index (χ0n) is 10.8. The summed E-state index contributed by atoms with van der Waals surface area (Å²) in [6.07, 6.45) is 3.98. The van der Waals surface area contributed by atoms with Gasteiger partial charge in [0.25, 0.3) is 0 Å². The van der Waals surface area contributed by atoms with E-state index >= 15 is 0 Å². The molecule has 1 amide bonds. The fourth-order valence-corrected chi connectivity index (χ4v) is 2.86. The standard InChI is InChI=1S/C15H13BrN2O2/c16-13-9-17-8-12-6-7-18(14(12)13)15(19)20-10-11-4-2-1-3-5-11/h1-5,8-9H,6-7,10H2. The fraction of sp³-hybridized carbons (Fsp3) is 0.200.